The SMILES string of the molecule is Cc1cccc(Cl)c1N=CNc1ccccc1. The fourth-order valence-corrected chi connectivity index (χ4v) is 1.76. The lowest BCUT2D eigenvalue weighted by molar-refractivity contribution is 1.40. The van der Waals surface area contributed by atoms with E-state index in [2.05, 4.69) is 10.3 Å². The number of hydrogen-bond acceptors (Lipinski definition) is 1. The number of rotatable bonds is 3. The van der Waals surface area contributed by atoms with E-state index < -0.39 is 0 Å². The van der Waals surface area contributed by atoms with Gasteiger partial charge in [-0.15, -0.1) is 0 Å². The van der Waals surface area contributed by atoms with Crippen molar-refractivity contribution < 1.29 is 0 Å². The smallest absolute Gasteiger partial charge is 0.0931 e. The standard InChI is InChI=1S/C14H13ClN2/c1-11-6-5-9-13(15)14(11)17-10-16-12-7-3-2-4-8-12/h2-10H,1H3,(H,16,17). The van der Waals surface area contributed by atoms with Gasteiger partial charge < -0.3 is 5.32 Å². The minimum atomic E-state index is 0.663. The first-order valence-electron chi connectivity index (χ1n) is 5.36. The molecule has 0 bridgehead atoms. The Morgan fingerprint density at radius 2 is 1.82 bits per heavy atom. The van der Waals surface area contributed by atoms with Crippen LogP contribution in [0.3, 0.4) is 0 Å². The van der Waals surface area contributed by atoms with E-state index in [1.807, 2.05) is 55.5 Å². The quantitative estimate of drug-likeness (QED) is 0.627. The van der Waals surface area contributed by atoms with Gasteiger partial charge in [-0.3, -0.25) is 0 Å². The van der Waals surface area contributed by atoms with Crippen LogP contribution in [0.2, 0.25) is 5.02 Å². The minimum absolute atomic E-state index is 0.663. The van der Waals surface area contributed by atoms with Crippen LogP contribution in [0.1, 0.15) is 5.56 Å². The molecule has 0 saturated carbocycles. The maximum atomic E-state index is 6.07. The van der Waals surface area contributed by atoms with Crippen molar-refractivity contribution in [3.8, 4) is 0 Å². The first-order valence-corrected chi connectivity index (χ1v) is 5.74. The number of benzene rings is 2. The molecule has 0 amide bonds. The van der Waals surface area contributed by atoms with Crippen molar-refractivity contribution >= 4 is 29.3 Å². The molecule has 3 heteroatoms. The number of aryl methyl sites for hydroxylation is 1. The maximum Gasteiger partial charge on any atom is 0.0931 e. The van der Waals surface area contributed by atoms with Gasteiger partial charge in [-0.2, -0.15) is 0 Å². The number of para-hydroxylation sites is 2. The second-order valence-corrected chi connectivity index (χ2v) is 4.08. The summed E-state index contributed by atoms with van der Waals surface area (Å²) in [5, 5.41) is 3.76. The van der Waals surface area contributed by atoms with Crippen molar-refractivity contribution in [3.63, 3.8) is 0 Å². The summed E-state index contributed by atoms with van der Waals surface area (Å²) in [6, 6.07) is 15.6. The van der Waals surface area contributed by atoms with E-state index in [0.717, 1.165) is 16.9 Å². The predicted molar refractivity (Wildman–Crippen MR) is 74.4 cm³/mol. The first-order chi connectivity index (χ1) is 8.27. The zero-order valence-electron chi connectivity index (χ0n) is 9.52. The number of anilines is 1. The Hall–Kier alpha value is -1.80. The maximum absolute atomic E-state index is 6.07. The zero-order valence-corrected chi connectivity index (χ0v) is 10.3. The topological polar surface area (TPSA) is 24.4 Å². The summed E-state index contributed by atoms with van der Waals surface area (Å²) in [6.45, 7) is 1.99. The minimum Gasteiger partial charge on any atom is -0.346 e. The fraction of sp³-hybridized carbons (Fsp3) is 0.0714. The molecule has 0 atom stereocenters. The van der Waals surface area contributed by atoms with Crippen molar-refractivity contribution in [2.75, 3.05) is 5.32 Å². The number of hydrogen-bond donors (Lipinski definition) is 1. The van der Waals surface area contributed by atoms with Gasteiger partial charge in [0.05, 0.1) is 17.0 Å². The highest BCUT2D eigenvalue weighted by atomic mass is 35.5. The highest BCUT2D eigenvalue weighted by Gasteiger charge is 1.99. The van der Waals surface area contributed by atoms with Crippen LogP contribution in [0, 0.1) is 6.92 Å². The lowest BCUT2D eigenvalue weighted by Gasteiger charge is -2.03. The predicted octanol–water partition coefficient (Wildman–Crippen LogP) is 4.42. The van der Waals surface area contributed by atoms with Crippen LogP contribution in [0.25, 0.3) is 0 Å². The molecule has 17 heavy (non-hydrogen) atoms. The molecule has 0 fully saturated rings. The Bertz CT molecular complexity index is 501. The molecule has 0 spiro atoms. The molecule has 0 aliphatic rings. The second kappa shape index (κ2) is 5.51. The Morgan fingerprint density at radius 1 is 1.06 bits per heavy atom. The largest absolute Gasteiger partial charge is 0.346 e. The van der Waals surface area contributed by atoms with Crippen molar-refractivity contribution in [2.45, 2.75) is 6.92 Å². The van der Waals surface area contributed by atoms with Gasteiger partial charge in [-0.1, -0.05) is 41.9 Å². The molecular weight excluding hydrogens is 232 g/mol. The third-order valence-corrected chi connectivity index (χ3v) is 2.69. The third-order valence-electron chi connectivity index (χ3n) is 2.39. The van der Waals surface area contributed by atoms with Crippen LogP contribution in [0.15, 0.2) is 53.5 Å². The molecule has 2 aromatic rings. The summed E-state index contributed by atoms with van der Waals surface area (Å²) < 4.78 is 0. The summed E-state index contributed by atoms with van der Waals surface area (Å²) in [7, 11) is 0. The number of aliphatic imine (C=N–C) groups is 1. The summed E-state index contributed by atoms with van der Waals surface area (Å²) in [6.07, 6.45) is 1.66. The van der Waals surface area contributed by atoms with Crippen LogP contribution < -0.4 is 5.32 Å². The van der Waals surface area contributed by atoms with E-state index >= 15 is 0 Å². The van der Waals surface area contributed by atoms with Gasteiger partial charge in [-0.05, 0) is 30.7 Å². The van der Waals surface area contributed by atoms with Gasteiger partial charge in [0.25, 0.3) is 0 Å². The molecule has 1 N–H and O–H groups in total. The van der Waals surface area contributed by atoms with E-state index in [9.17, 15) is 0 Å². The van der Waals surface area contributed by atoms with Gasteiger partial charge in [0.1, 0.15) is 0 Å². The van der Waals surface area contributed by atoms with Gasteiger partial charge in [0.15, 0.2) is 0 Å². The van der Waals surface area contributed by atoms with E-state index in [-0.39, 0.29) is 0 Å². The highest BCUT2D eigenvalue weighted by Crippen LogP contribution is 2.27. The van der Waals surface area contributed by atoms with Crippen LogP contribution in [-0.2, 0) is 0 Å². The Morgan fingerprint density at radius 3 is 2.53 bits per heavy atom. The molecule has 0 aromatic heterocycles. The molecular formula is C14H13ClN2. The molecule has 2 rings (SSSR count). The van der Waals surface area contributed by atoms with Gasteiger partial charge >= 0.3 is 0 Å². The van der Waals surface area contributed by atoms with Crippen molar-refractivity contribution in [3.05, 3.63) is 59.1 Å². The molecule has 0 heterocycles. The van der Waals surface area contributed by atoms with E-state index in [1.165, 1.54) is 0 Å². The summed E-state index contributed by atoms with van der Waals surface area (Å²) >= 11 is 6.07. The molecule has 0 saturated heterocycles. The van der Waals surface area contributed by atoms with Crippen molar-refractivity contribution in [1.29, 1.82) is 0 Å². The molecule has 0 aliphatic heterocycles. The average molecular weight is 245 g/mol. The van der Waals surface area contributed by atoms with Gasteiger partial charge in [0, 0.05) is 5.69 Å². The number of halogens is 1. The molecule has 0 aliphatic carbocycles. The second-order valence-electron chi connectivity index (χ2n) is 3.67. The fourth-order valence-electron chi connectivity index (χ4n) is 1.49. The number of nitrogens with zero attached hydrogens (tertiary/aromatic N) is 1. The Labute approximate surface area is 106 Å². The first kappa shape index (κ1) is 11.7. The highest BCUT2D eigenvalue weighted by molar-refractivity contribution is 6.33. The average Bonchev–Trinajstić information content (AvgIpc) is 2.34. The molecule has 0 unspecified atom stereocenters. The van der Waals surface area contributed by atoms with Crippen molar-refractivity contribution in [2.24, 2.45) is 4.99 Å². The monoisotopic (exact) mass is 244 g/mol. The van der Waals surface area contributed by atoms with Crippen LogP contribution in [0.5, 0.6) is 0 Å². The van der Waals surface area contributed by atoms with E-state index in [1.54, 1.807) is 6.34 Å². The molecule has 0 radical (unpaired) electrons. The van der Waals surface area contributed by atoms with Crippen LogP contribution in [-0.4, -0.2) is 6.34 Å². The Kier molecular flexibility index (Phi) is 3.78. The number of nitrogens with one attached hydrogen (secondary N) is 1. The van der Waals surface area contributed by atoms with Gasteiger partial charge in [0.2, 0.25) is 0 Å². The summed E-state index contributed by atoms with van der Waals surface area (Å²) in [5.74, 6) is 0. The molecule has 2 nitrogen and oxygen atoms in total. The lowest BCUT2D eigenvalue weighted by atomic mass is 10.2. The molecule has 2 aromatic carbocycles. The van der Waals surface area contributed by atoms with E-state index in [4.69, 9.17) is 11.6 Å². The summed E-state index contributed by atoms with van der Waals surface area (Å²) in [5.41, 5.74) is 2.86. The third kappa shape index (κ3) is 3.08. The molecule has 86 valence electrons. The zero-order chi connectivity index (χ0) is 12.1. The van der Waals surface area contributed by atoms with Crippen molar-refractivity contribution in [1.82, 2.24) is 0 Å². The van der Waals surface area contributed by atoms with Gasteiger partial charge in [-0.25, -0.2) is 4.99 Å². The summed E-state index contributed by atoms with van der Waals surface area (Å²) in [4.78, 5) is 4.33. The normalized spacial score (nSPS) is 10.7. The van der Waals surface area contributed by atoms with E-state index in [0.29, 0.717) is 5.02 Å². The lowest BCUT2D eigenvalue weighted by Crippen LogP contribution is -1.93. The van der Waals surface area contributed by atoms with Crippen LogP contribution in [0.4, 0.5) is 11.4 Å². The van der Waals surface area contributed by atoms with Crippen LogP contribution >= 0.6 is 11.6 Å². The Balaban J connectivity index is 2.11.